The third kappa shape index (κ3) is 4.79. The van der Waals surface area contributed by atoms with Crippen LogP contribution in [0.1, 0.15) is 38.5 Å². The van der Waals surface area contributed by atoms with Gasteiger partial charge < -0.3 is 10.3 Å². The van der Waals surface area contributed by atoms with E-state index in [1.165, 1.54) is 12.8 Å². The number of hydrogen-bond donors (Lipinski definition) is 1. The maximum Gasteiger partial charge on any atom is 0.227 e. The van der Waals surface area contributed by atoms with Crippen LogP contribution in [0.15, 0.2) is 22.9 Å². The van der Waals surface area contributed by atoms with Crippen LogP contribution >= 0.6 is 11.6 Å². The van der Waals surface area contributed by atoms with Gasteiger partial charge in [-0.2, -0.15) is 4.98 Å². The van der Waals surface area contributed by atoms with Crippen molar-refractivity contribution in [3.63, 3.8) is 0 Å². The molecular weight excluding hydrogens is 288 g/mol. The van der Waals surface area contributed by atoms with E-state index in [0.29, 0.717) is 28.3 Å². The molecule has 5 nitrogen and oxygen atoms in total. The minimum atomic E-state index is 0.507. The van der Waals surface area contributed by atoms with Crippen molar-refractivity contribution in [2.24, 2.45) is 11.7 Å². The second-order valence-corrected chi connectivity index (χ2v) is 5.58. The average Bonchev–Trinajstić information content (AvgIpc) is 2.95. The van der Waals surface area contributed by atoms with Crippen LogP contribution in [0.4, 0.5) is 0 Å². The van der Waals surface area contributed by atoms with Gasteiger partial charge in [-0.15, -0.1) is 0 Å². The van der Waals surface area contributed by atoms with Crippen molar-refractivity contribution in [3.05, 3.63) is 29.2 Å². The molecule has 0 fully saturated rings. The minimum absolute atomic E-state index is 0.507. The summed E-state index contributed by atoms with van der Waals surface area (Å²) in [5.74, 6) is 1.79. The van der Waals surface area contributed by atoms with Gasteiger partial charge in [0.25, 0.3) is 0 Å². The largest absolute Gasteiger partial charge is 0.339 e. The lowest BCUT2D eigenvalue weighted by Crippen LogP contribution is -2.09. The fraction of sp³-hybridized carbons (Fsp3) is 0.533. The standard InChI is InChI=1S/C15H21ClN4O/c1-2-3-11(8-9-17)4-7-14-19-15(20-21-14)13-6-5-12(16)10-18-13/h5-6,10-11H,2-4,7-9,17H2,1H3. The van der Waals surface area contributed by atoms with Crippen LogP contribution < -0.4 is 5.73 Å². The molecule has 114 valence electrons. The van der Waals surface area contributed by atoms with Gasteiger partial charge in [-0.1, -0.05) is 36.5 Å². The Hall–Kier alpha value is -1.46. The summed E-state index contributed by atoms with van der Waals surface area (Å²) in [7, 11) is 0. The maximum atomic E-state index is 5.81. The van der Waals surface area contributed by atoms with Crippen LogP contribution in [0, 0.1) is 5.92 Å². The van der Waals surface area contributed by atoms with Gasteiger partial charge >= 0.3 is 0 Å². The van der Waals surface area contributed by atoms with E-state index >= 15 is 0 Å². The fourth-order valence-electron chi connectivity index (χ4n) is 2.37. The van der Waals surface area contributed by atoms with Crippen molar-refractivity contribution in [3.8, 4) is 11.5 Å². The number of aromatic nitrogens is 3. The zero-order valence-electron chi connectivity index (χ0n) is 12.3. The third-order valence-electron chi connectivity index (χ3n) is 3.46. The van der Waals surface area contributed by atoms with Crippen molar-refractivity contribution in [2.45, 2.75) is 39.0 Å². The van der Waals surface area contributed by atoms with Crippen LogP contribution in [0.3, 0.4) is 0 Å². The molecule has 0 aliphatic carbocycles. The lowest BCUT2D eigenvalue weighted by molar-refractivity contribution is 0.349. The lowest BCUT2D eigenvalue weighted by Gasteiger charge is -2.13. The van der Waals surface area contributed by atoms with E-state index in [1.54, 1.807) is 18.3 Å². The lowest BCUT2D eigenvalue weighted by atomic mass is 9.94. The summed E-state index contributed by atoms with van der Waals surface area (Å²) in [4.78, 5) is 8.57. The molecule has 0 saturated heterocycles. The Bertz CT molecular complexity index is 535. The summed E-state index contributed by atoms with van der Waals surface area (Å²) in [5, 5.41) is 4.56. The number of rotatable bonds is 8. The van der Waals surface area contributed by atoms with E-state index < -0.39 is 0 Å². The highest BCUT2D eigenvalue weighted by Crippen LogP contribution is 2.19. The first-order valence-electron chi connectivity index (χ1n) is 7.37. The van der Waals surface area contributed by atoms with E-state index in [0.717, 1.165) is 25.8 Å². The molecule has 2 aromatic rings. The molecule has 1 unspecified atom stereocenters. The number of hydrogen-bond acceptors (Lipinski definition) is 5. The van der Waals surface area contributed by atoms with Crippen LogP contribution in [0.25, 0.3) is 11.5 Å². The van der Waals surface area contributed by atoms with E-state index in [4.69, 9.17) is 21.9 Å². The van der Waals surface area contributed by atoms with Gasteiger partial charge in [0.2, 0.25) is 11.7 Å². The molecule has 6 heteroatoms. The predicted octanol–water partition coefficient (Wildman–Crippen LogP) is 3.48. The molecule has 0 radical (unpaired) electrons. The highest BCUT2D eigenvalue weighted by Gasteiger charge is 2.13. The second kappa shape index (κ2) is 8.10. The number of nitrogens with zero attached hydrogens (tertiary/aromatic N) is 3. The van der Waals surface area contributed by atoms with Gasteiger partial charge in [0.1, 0.15) is 5.69 Å². The SMILES string of the molecule is CCCC(CCN)CCc1nc(-c2ccc(Cl)cn2)no1. The van der Waals surface area contributed by atoms with E-state index in [9.17, 15) is 0 Å². The molecular formula is C15H21ClN4O. The molecule has 2 rings (SSSR count). The number of nitrogens with two attached hydrogens (primary N) is 1. The van der Waals surface area contributed by atoms with Crippen molar-refractivity contribution < 1.29 is 4.52 Å². The molecule has 2 heterocycles. The predicted molar refractivity (Wildman–Crippen MR) is 82.9 cm³/mol. The highest BCUT2D eigenvalue weighted by atomic mass is 35.5. The summed E-state index contributed by atoms with van der Waals surface area (Å²) in [5.41, 5.74) is 6.32. The van der Waals surface area contributed by atoms with Gasteiger partial charge in [0, 0.05) is 12.6 Å². The summed E-state index contributed by atoms with van der Waals surface area (Å²) < 4.78 is 5.29. The molecule has 0 spiro atoms. The first-order chi connectivity index (χ1) is 10.2. The average molecular weight is 309 g/mol. The second-order valence-electron chi connectivity index (χ2n) is 5.14. The van der Waals surface area contributed by atoms with Crippen molar-refractivity contribution in [1.82, 2.24) is 15.1 Å². The summed E-state index contributed by atoms with van der Waals surface area (Å²) in [6, 6.07) is 3.55. The van der Waals surface area contributed by atoms with E-state index in [-0.39, 0.29) is 0 Å². The topological polar surface area (TPSA) is 77.8 Å². The molecule has 2 aromatic heterocycles. The first-order valence-corrected chi connectivity index (χ1v) is 7.75. The van der Waals surface area contributed by atoms with E-state index in [2.05, 4.69) is 22.0 Å². The third-order valence-corrected chi connectivity index (χ3v) is 3.69. The minimum Gasteiger partial charge on any atom is -0.339 e. The van der Waals surface area contributed by atoms with Gasteiger partial charge in [0.05, 0.1) is 5.02 Å². The van der Waals surface area contributed by atoms with Gasteiger partial charge in [0.15, 0.2) is 0 Å². The Morgan fingerprint density at radius 3 is 2.81 bits per heavy atom. The molecule has 0 amide bonds. The van der Waals surface area contributed by atoms with Crippen molar-refractivity contribution in [1.29, 1.82) is 0 Å². The van der Waals surface area contributed by atoms with Crippen molar-refractivity contribution in [2.75, 3.05) is 6.54 Å². The molecule has 1 atom stereocenters. The Morgan fingerprint density at radius 1 is 1.29 bits per heavy atom. The van der Waals surface area contributed by atoms with Gasteiger partial charge in [-0.25, -0.2) is 0 Å². The fourth-order valence-corrected chi connectivity index (χ4v) is 2.48. The number of pyridine rings is 1. The zero-order valence-corrected chi connectivity index (χ0v) is 13.0. The van der Waals surface area contributed by atoms with Crippen LogP contribution in [0.2, 0.25) is 5.02 Å². The number of halogens is 1. The Morgan fingerprint density at radius 2 is 2.14 bits per heavy atom. The first kappa shape index (κ1) is 15.9. The summed E-state index contributed by atoms with van der Waals surface area (Å²) in [6.07, 6.45) is 6.80. The van der Waals surface area contributed by atoms with E-state index in [1.807, 2.05) is 0 Å². The van der Waals surface area contributed by atoms with Crippen LogP contribution in [-0.4, -0.2) is 21.7 Å². The van der Waals surface area contributed by atoms with Crippen LogP contribution in [-0.2, 0) is 6.42 Å². The molecule has 0 aromatic carbocycles. The molecule has 2 N–H and O–H groups in total. The van der Waals surface area contributed by atoms with Gasteiger partial charge in [-0.05, 0) is 37.4 Å². The Kier molecular flexibility index (Phi) is 6.14. The van der Waals surface area contributed by atoms with Crippen LogP contribution in [0.5, 0.6) is 0 Å². The highest BCUT2D eigenvalue weighted by molar-refractivity contribution is 6.30. The molecule has 0 aliphatic heterocycles. The number of aryl methyl sites for hydroxylation is 1. The molecule has 0 bridgehead atoms. The molecule has 21 heavy (non-hydrogen) atoms. The molecule has 0 aliphatic rings. The van der Waals surface area contributed by atoms with Gasteiger partial charge in [-0.3, -0.25) is 4.98 Å². The normalized spacial score (nSPS) is 12.5. The quantitative estimate of drug-likeness (QED) is 0.807. The molecule has 0 saturated carbocycles. The zero-order chi connectivity index (χ0) is 15.1. The monoisotopic (exact) mass is 308 g/mol. The Labute approximate surface area is 129 Å². The summed E-state index contributed by atoms with van der Waals surface area (Å²) in [6.45, 7) is 2.93. The van der Waals surface area contributed by atoms with Crippen molar-refractivity contribution >= 4 is 11.6 Å². The smallest absolute Gasteiger partial charge is 0.227 e. The summed E-state index contributed by atoms with van der Waals surface area (Å²) >= 11 is 5.81. The Balaban J connectivity index is 1.95. The maximum absolute atomic E-state index is 5.81.